The van der Waals surface area contributed by atoms with Crippen LogP contribution < -0.4 is 10.6 Å². The van der Waals surface area contributed by atoms with Crippen molar-refractivity contribution >= 4 is 23.2 Å². The van der Waals surface area contributed by atoms with Crippen molar-refractivity contribution in [3.63, 3.8) is 0 Å². The van der Waals surface area contributed by atoms with Crippen molar-refractivity contribution in [2.45, 2.75) is 0 Å². The minimum atomic E-state index is -0.320. The van der Waals surface area contributed by atoms with E-state index in [1.54, 1.807) is 24.3 Å². The highest BCUT2D eigenvalue weighted by atomic mass is 16.1. The van der Waals surface area contributed by atoms with Gasteiger partial charge in [0.15, 0.2) is 5.82 Å². The Hall–Kier alpha value is -3.59. The van der Waals surface area contributed by atoms with Gasteiger partial charge < -0.3 is 10.6 Å². The van der Waals surface area contributed by atoms with Crippen LogP contribution in [0.15, 0.2) is 60.7 Å². The van der Waals surface area contributed by atoms with Crippen LogP contribution in [0.2, 0.25) is 0 Å². The number of nitrogens with one attached hydrogen (secondary N) is 3. The number of nitriles is 1. The molecule has 0 radical (unpaired) electrons. The van der Waals surface area contributed by atoms with Gasteiger partial charge in [0, 0.05) is 11.3 Å². The Balaban J connectivity index is 1.82. The van der Waals surface area contributed by atoms with E-state index in [2.05, 4.69) is 26.9 Å². The molecule has 2 aromatic carbocycles. The Kier molecular flexibility index (Phi) is 4.03. The van der Waals surface area contributed by atoms with Crippen LogP contribution in [0.25, 0.3) is 0 Å². The molecule has 0 spiro atoms. The number of benzene rings is 2. The fourth-order valence-corrected chi connectivity index (χ4v) is 2.07. The molecule has 0 aliphatic rings. The van der Waals surface area contributed by atoms with E-state index >= 15 is 0 Å². The van der Waals surface area contributed by atoms with Crippen LogP contribution in [-0.4, -0.2) is 16.1 Å². The minimum Gasteiger partial charge on any atom is -0.339 e. The quantitative estimate of drug-likeness (QED) is 0.689. The molecule has 6 heteroatoms. The second-order valence-corrected chi connectivity index (χ2v) is 4.75. The SMILES string of the molecule is N#Cc1c(NC(=O)c2ccccc2)n[nH]c1Nc1ccccc1. The monoisotopic (exact) mass is 303 g/mol. The molecular formula is C17H13N5O. The third kappa shape index (κ3) is 3.19. The van der Waals surface area contributed by atoms with Crippen LogP contribution in [0.5, 0.6) is 0 Å². The predicted molar refractivity (Wildman–Crippen MR) is 87.4 cm³/mol. The van der Waals surface area contributed by atoms with Crippen molar-refractivity contribution in [3.8, 4) is 6.07 Å². The first-order valence-corrected chi connectivity index (χ1v) is 6.95. The van der Waals surface area contributed by atoms with E-state index in [4.69, 9.17) is 0 Å². The van der Waals surface area contributed by atoms with Crippen LogP contribution in [0.1, 0.15) is 15.9 Å². The summed E-state index contributed by atoms with van der Waals surface area (Å²) in [6.07, 6.45) is 0. The summed E-state index contributed by atoms with van der Waals surface area (Å²) >= 11 is 0. The summed E-state index contributed by atoms with van der Waals surface area (Å²) in [5.41, 5.74) is 1.56. The number of H-pyrrole nitrogens is 1. The lowest BCUT2D eigenvalue weighted by molar-refractivity contribution is 0.102. The summed E-state index contributed by atoms with van der Waals surface area (Å²) in [4.78, 5) is 12.2. The Labute approximate surface area is 132 Å². The van der Waals surface area contributed by atoms with Crippen LogP contribution in [0, 0.1) is 11.3 Å². The second kappa shape index (κ2) is 6.45. The van der Waals surface area contributed by atoms with Gasteiger partial charge in [0.1, 0.15) is 17.5 Å². The molecule has 3 rings (SSSR count). The predicted octanol–water partition coefficient (Wildman–Crippen LogP) is 3.28. The number of para-hydroxylation sites is 1. The number of anilines is 3. The standard InChI is InChI=1S/C17H13N5O/c18-11-14-15(19-13-9-5-2-6-10-13)21-22-16(14)20-17(23)12-7-3-1-4-8-12/h1-10H,(H3,19,20,21,22,23). The summed E-state index contributed by atoms with van der Waals surface area (Å²) in [5, 5.41) is 21.8. The van der Waals surface area contributed by atoms with E-state index < -0.39 is 0 Å². The fourth-order valence-electron chi connectivity index (χ4n) is 2.07. The number of carbonyl (C=O) groups excluding carboxylic acids is 1. The maximum absolute atomic E-state index is 12.2. The van der Waals surface area contributed by atoms with Gasteiger partial charge in [-0.2, -0.15) is 10.4 Å². The Bertz CT molecular complexity index is 850. The van der Waals surface area contributed by atoms with Gasteiger partial charge in [-0.3, -0.25) is 9.89 Å². The average molecular weight is 303 g/mol. The van der Waals surface area contributed by atoms with Crippen LogP contribution in [0.4, 0.5) is 17.3 Å². The van der Waals surface area contributed by atoms with Gasteiger partial charge in [-0.05, 0) is 24.3 Å². The molecule has 0 aliphatic carbocycles. The highest BCUT2D eigenvalue weighted by Gasteiger charge is 2.16. The smallest absolute Gasteiger partial charge is 0.256 e. The molecule has 0 fully saturated rings. The van der Waals surface area contributed by atoms with Crippen molar-refractivity contribution < 1.29 is 4.79 Å². The maximum atomic E-state index is 12.2. The molecule has 0 atom stereocenters. The molecule has 0 unspecified atom stereocenters. The number of nitrogens with zero attached hydrogens (tertiary/aromatic N) is 2. The molecule has 3 N–H and O–H groups in total. The molecule has 0 bridgehead atoms. The first-order chi connectivity index (χ1) is 11.3. The lowest BCUT2D eigenvalue weighted by atomic mass is 10.2. The molecule has 0 aliphatic heterocycles. The van der Waals surface area contributed by atoms with E-state index in [1.807, 2.05) is 36.4 Å². The second-order valence-electron chi connectivity index (χ2n) is 4.75. The minimum absolute atomic E-state index is 0.194. The van der Waals surface area contributed by atoms with Crippen LogP contribution in [-0.2, 0) is 0 Å². The van der Waals surface area contributed by atoms with Crippen LogP contribution >= 0.6 is 0 Å². The van der Waals surface area contributed by atoms with Gasteiger partial charge in [0.25, 0.3) is 5.91 Å². The zero-order valence-electron chi connectivity index (χ0n) is 12.1. The number of aromatic amines is 1. The molecule has 112 valence electrons. The Morgan fingerprint density at radius 3 is 2.35 bits per heavy atom. The summed E-state index contributed by atoms with van der Waals surface area (Å²) in [6, 6.07) is 20.2. The molecule has 1 amide bonds. The van der Waals surface area contributed by atoms with Crippen molar-refractivity contribution in [1.29, 1.82) is 5.26 Å². The lowest BCUT2D eigenvalue weighted by Gasteiger charge is -2.04. The van der Waals surface area contributed by atoms with Gasteiger partial charge in [-0.15, -0.1) is 0 Å². The molecule has 1 aromatic heterocycles. The maximum Gasteiger partial charge on any atom is 0.256 e. The largest absolute Gasteiger partial charge is 0.339 e. The first kappa shape index (κ1) is 14.4. The van der Waals surface area contributed by atoms with Crippen molar-refractivity contribution in [3.05, 3.63) is 71.8 Å². The molecule has 1 heterocycles. The average Bonchev–Trinajstić information content (AvgIpc) is 2.98. The zero-order valence-corrected chi connectivity index (χ0v) is 12.1. The Morgan fingerprint density at radius 1 is 1.04 bits per heavy atom. The number of hydrogen-bond donors (Lipinski definition) is 3. The Morgan fingerprint density at radius 2 is 1.70 bits per heavy atom. The molecule has 6 nitrogen and oxygen atoms in total. The molecule has 23 heavy (non-hydrogen) atoms. The van der Waals surface area contributed by atoms with Gasteiger partial charge in [-0.1, -0.05) is 36.4 Å². The van der Waals surface area contributed by atoms with Gasteiger partial charge in [-0.25, -0.2) is 0 Å². The number of amides is 1. The van der Waals surface area contributed by atoms with Gasteiger partial charge in [0.2, 0.25) is 0 Å². The third-order valence-corrected chi connectivity index (χ3v) is 3.19. The number of rotatable bonds is 4. The van der Waals surface area contributed by atoms with E-state index in [-0.39, 0.29) is 17.3 Å². The summed E-state index contributed by atoms with van der Waals surface area (Å²) < 4.78 is 0. The summed E-state index contributed by atoms with van der Waals surface area (Å²) in [6.45, 7) is 0. The topological polar surface area (TPSA) is 93.6 Å². The number of hydrogen-bond acceptors (Lipinski definition) is 4. The fraction of sp³-hybridized carbons (Fsp3) is 0. The normalized spacial score (nSPS) is 9.87. The van der Waals surface area contributed by atoms with Crippen molar-refractivity contribution in [1.82, 2.24) is 10.2 Å². The molecule has 0 saturated carbocycles. The third-order valence-electron chi connectivity index (χ3n) is 3.19. The highest BCUT2D eigenvalue weighted by Crippen LogP contribution is 2.24. The van der Waals surface area contributed by atoms with E-state index in [9.17, 15) is 10.1 Å². The van der Waals surface area contributed by atoms with Gasteiger partial charge in [0.05, 0.1) is 0 Å². The molecule has 0 saturated heterocycles. The lowest BCUT2D eigenvalue weighted by Crippen LogP contribution is -2.12. The van der Waals surface area contributed by atoms with Crippen LogP contribution in [0.3, 0.4) is 0 Å². The van der Waals surface area contributed by atoms with Gasteiger partial charge >= 0.3 is 0 Å². The van der Waals surface area contributed by atoms with Crippen molar-refractivity contribution in [2.24, 2.45) is 0 Å². The van der Waals surface area contributed by atoms with Crippen molar-refractivity contribution in [2.75, 3.05) is 10.6 Å². The summed E-state index contributed by atoms with van der Waals surface area (Å²) in [7, 11) is 0. The number of carbonyl (C=O) groups is 1. The molecule has 3 aromatic rings. The van der Waals surface area contributed by atoms with E-state index in [0.717, 1.165) is 5.69 Å². The summed E-state index contributed by atoms with van der Waals surface area (Å²) in [5.74, 6) is 0.307. The van der Waals surface area contributed by atoms with E-state index in [1.165, 1.54) is 0 Å². The zero-order chi connectivity index (χ0) is 16.1. The number of aromatic nitrogens is 2. The first-order valence-electron chi connectivity index (χ1n) is 6.95. The van der Waals surface area contributed by atoms with E-state index in [0.29, 0.717) is 11.4 Å². The molecular weight excluding hydrogens is 290 g/mol. The highest BCUT2D eigenvalue weighted by molar-refractivity contribution is 6.04.